The molecule has 4 rings (SSSR count). The molecule has 0 aliphatic carbocycles. The van der Waals surface area contributed by atoms with Crippen LogP contribution in [0, 0.1) is 13.8 Å². The summed E-state index contributed by atoms with van der Waals surface area (Å²) in [5.74, 6) is 0.548. The number of carbonyl (C=O) groups is 1. The average molecular weight is 425 g/mol. The minimum Gasteiger partial charge on any atom is -0.381 e. The molecule has 1 aliphatic rings. The number of ether oxygens (including phenoxy) is 1. The summed E-state index contributed by atoms with van der Waals surface area (Å²) >= 11 is 6.23. The molecule has 1 fully saturated rings. The maximum atomic E-state index is 12.8. The smallest absolute Gasteiger partial charge is 0.252 e. The summed E-state index contributed by atoms with van der Waals surface area (Å²) in [6.45, 7) is 5.78. The van der Waals surface area contributed by atoms with Crippen LogP contribution in [0.15, 0.2) is 48.7 Å². The number of hydrogen-bond donors (Lipinski definition) is 1. The van der Waals surface area contributed by atoms with Crippen molar-refractivity contribution in [3.8, 4) is 5.82 Å². The normalized spacial score (nSPS) is 15.7. The molecule has 0 atom stereocenters. The summed E-state index contributed by atoms with van der Waals surface area (Å²) in [4.78, 5) is 17.2. The standard InChI is InChI=1S/C23H25ClN4O2/c1-16-12-17(2)28(27-16)21-7-6-18(14-25-21)22(29)26-15-23(8-10-30-11-9-23)19-4-3-5-20(24)13-19/h3-7,12-14H,8-11,15H2,1-2H3,(H,26,29). The quantitative estimate of drug-likeness (QED) is 0.671. The first-order valence-electron chi connectivity index (χ1n) is 10.1. The van der Waals surface area contributed by atoms with E-state index in [2.05, 4.69) is 21.5 Å². The van der Waals surface area contributed by atoms with E-state index < -0.39 is 0 Å². The van der Waals surface area contributed by atoms with Crippen molar-refractivity contribution in [3.05, 3.63) is 76.2 Å². The average Bonchev–Trinajstić information content (AvgIpc) is 3.10. The maximum absolute atomic E-state index is 12.8. The number of nitrogens with zero attached hydrogens (tertiary/aromatic N) is 3. The van der Waals surface area contributed by atoms with Crippen molar-refractivity contribution >= 4 is 17.5 Å². The molecule has 1 amide bonds. The topological polar surface area (TPSA) is 69.0 Å². The summed E-state index contributed by atoms with van der Waals surface area (Å²) < 4.78 is 7.34. The Bertz CT molecular complexity index is 1040. The molecule has 3 heterocycles. The van der Waals surface area contributed by atoms with Crippen molar-refractivity contribution in [2.75, 3.05) is 19.8 Å². The zero-order valence-corrected chi connectivity index (χ0v) is 17.9. The van der Waals surface area contributed by atoms with Crippen LogP contribution in [-0.4, -0.2) is 40.4 Å². The molecule has 30 heavy (non-hydrogen) atoms. The van der Waals surface area contributed by atoms with Gasteiger partial charge in [-0.2, -0.15) is 5.10 Å². The zero-order valence-electron chi connectivity index (χ0n) is 17.2. The van der Waals surface area contributed by atoms with Crippen LogP contribution in [0.1, 0.15) is 40.2 Å². The van der Waals surface area contributed by atoms with Crippen molar-refractivity contribution in [2.24, 2.45) is 0 Å². The predicted molar refractivity (Wildman–Crippen MR) is 116 cm³/mol. The maximum Gasteiger partial charge on any atom is 0.252 e. The molecule has 7 heteroatoms. The van der Waals surface area contributed by atoms with Gasteiger partial charge in [-0.3, -0.25) is 4.79 Å². The van der Waals surface area contributed by atoms with Crippen molar-refractivity contribution in [1.29, 1.82) is 0 Å². The molecular formula is C23H25ClN4O2. The minimum absolute atomic E-state index is 0.143. The first kappa shape index (κ1) is 20.6. The molecule has 156 valence electrons. The van der Waals surface area contributed by atoms with E-state index in [0.717, 1.165) is 29.8 Å². The van der Waals surface area contributed by atoms with Crippen molar-refractivity contribution in [2.45, 2.75) is 32.1 Å². The first-order valence-corrected chi connectivity index (χ1v) is 10.5. The van der Waals surface area contributed by atoms with Crippen molar-refractivity contribution in [3.63, 3.8) is 0 Å². The van der Waals surface area contributed by atoms with Gasteiger partial charge >= 0.3 is 0 Å². The highest BCUT2D eigenvalue weighted by molar-refractivity contribution is 6.30. The minimum atomic E-state index is -0.185. The molecule has 1 saturated heterocycles. The Hall–Kier alpha value is -2.70. The molecule has 1 aliphatic heterocycles. The number of aryl methyl sites for hydroxylation is 2. The summed E-state index contributed by atoms with van der Waals surface area (Å²) in [6, 6.07) is 13.5. The molecule has 0 saturated carbocycles. The largest absolute Gasteiger partial charge is 0.381 e. The van der Waals surface area contributed by atoms with E-state index in [4.69, 9.17) is 16.3 Å². The summed E-state index contributed by atoms with van der Waals surface area (Å²) in [5, 5.41) is 8.24. The van der Waals surface area contributed by atoms with Crippen LogP contribution in [0.3, 0.4) is 0 Å². The number of rotatable bonds is 5. The second kappa shape index (κ2) is 8.58. The van der Waals surface area contributed by atoms with Gasteiger partial charge in [0.05, 0.1) is 11.3 Å². The number of amides is 1. The van der Waals surface area contributed by atoms with E-state index in [0.29, 0.717) is 36.2 Å². The van der Waals surface area contributed by atoms with E-state index in [1.54, 1.807) is 16.9 Å². The van der Waals surface area contributed by atoms with Crippen LogP contribution >= 0.6 is 11.6 Å². The van der Waals surface area contributed by atoms with Gasteiger partial charge in [0, 0.05) is 42.1 Å². The van der Waals surface area contributed by atoms with E-state index in [9.17, 15) is 4.79 Å². The lowest BCUT2D eigenvalue weighted by molar-refractivity contribution is 0.0487. The van der Waals surface area contributed by atoms with Gasteiger partial charge in [0.1, 0.15) is 0 Å². The Kier molecular flexibility index (Phi) is 5.88. The third kappa shape index (κ3) is 4.25. The highest BCUT2D eigenvalue weighted by atomic mass is 35.5. The van der Waals surface area contributed by atoms with Gasteiger partial charge in [0.25, 0.3) is 5.91 Å². The lowest BCUT2D eigenvalue weighted by Crippen LogP contribution is -2.44. The Balaban J connectivity index is 1.49. The predicted octanol–water partition coefficient (Wildman–Crippen LogP) is 4.02. The molecule has 6 nitrogen and oxygen atoms in total. The van der Waals surface area contributed by atoms with Crippen LogP contribution in [0.2, 0.25) is 5.02 Å². The van der Waals surface area contributed by atoms with Crippen LogP contribution in [0.5, 0.6) is 0 Å². The van der Waals surface area contributed by atoms with E-state index >= 15 is 0 Å². The van der Waals surface area contributed by atoms with Crippen LogP contribution in [0.25, 0.3) is 5.82 Å². The van der Waals surface area contributed by atoms with Crippen molar-refractivity contribution < 1.29 is 9.53 Å². The number of halogens is 1. The Morgan fingerprint density at radius 3 is 2.63 bits per heavy atom. The first-order chi connectivity index (χ1) is 14.5. The fraction of sp³-hybridized carbons (Fsp3) is 0.348. The van der Waals surface area contributed by atoms with E-state index in [-0.39, 0.29) is 11.3 Å². The summed E-state index contributed by atoms with van der Waals surface area (Å²) in [7, 11) is 0. The number of nitrogens with one attached hydrogen (secondary N) is 1. The second-order valence-electron chi connectivity index (χ2n) is 7.83. The lowest BCUT2D eigenvalue weighted by Gasteiger charge is -2.38. The van der Waals surface area contributed by atoms with Crippen LogP contribution in [-0.2, 0) is 10.2 Å². The zero-order chi connectivity index (χ0) is 21.1. The van der Waals surface area contributed by atoms with E-state index in [1.807, 2.05) is 44.2 Å². The molecule has 0 radical (unpaired) electrons. The molecule has 1 N–H and O–H groups in total. The fourth-order valence-electron chi connectivity index (χ4n) is 4.01. The Morgan fingerprint density at radius 2 is 2.00 bits per heavy atom. The second-order valence-corrected chi connectivity index (χ2v) is 8.27. The molecule has 0 spiro atoms. The highest BCUT2D eigenvalue weighted by Crippen LogP contribution is 2.35. The summed E-state index contributed by atoms with van der Waals surface area (Å²) in [6.07, 6.45) is 3.27. The van der Waals surface area contributed by atoms with Gasteiger partial charge in [0.15, 0.2) is 5.82 Å². The highest BCUT2D eigenvalue weighted by Gasteiger charge is 2.35. The Morgan fingerprint density at radius 1 is 1.20 bits per heavy atom. The SMILES string of the molecule is Cc1cc(C)n(-c2ccc(C(=O)NCC3(c4cccc(Cl)c4)CCOCC3)cn2)n1. The van der Waals surface area contributed by atoms with Gasteiger partial charge in [-0.1, -0.05) is 23.7 Å². The van der Waals surface area contributed by atoms with Gasteiger partial charge < -0.3 is 10.1 Å². The monoisotopic (exact) mass is 424 g/mol. The molecular weight excluding hydrogens is 400 g/mol. The number of hydrogen-bond acceptors (Lipinski definition) is 4. The molecule has 0 bridgehead atoms. The number of carbonyl (C=O) groups excluding carboxylic acids is 1. The third-order valence-electron chi connectivity index (χ3n) is 5.71. The van der Waals surface area contributed by atoms with Crippen molar-refractivity contribution in [1.82, 2.24) is 20.1 Å². The van der Waals surface area contributed by atoms with E-state index in [1.165, 1.54) is 0 Å². The van der Waals surface area contributed by atoms with Gasteiger partial charge in [-0.05, 0) is 62.6 Å². The summed E-state index contributed by atoms with van der Waals surface area (Å²) in [5.41, 5.74) is 3.40. The fourth-order valence-corrected chi connectivity index (χ4v) is 4.20. The number of pyridine rings is 1. The molecule has 1 aromatic carbocycles. The lowest BCUT2D eigenvalue weighted by atomic mass is 9.74. The molecule has 3 aromatic rings. The van der Waals surface area contributed by atoms with Crippen LogP contribution in [0.4, 0.5) is 0 Å². The number of benzene rings is 1. The van der Waals surface area contributed by atoms with Gasteiger partial charge in [-0.25, -0.2) is 9.67 Å². The van der Waals surface area contributed by atoms with Gasteiger partial charge in [-0.15, -0.1) is 0 Å². The van der Waals surface area contributed by atoms with Gasteiger partial charge in [0.2, 0.25) is 0 Å². The van der Waals surface area contributed by atoms with Crippen LogP contribution < -0.4 is 5.32 Å². The molecule has 0 unspecified atom stereocenters. The number of aromatic nitrogens is 3. The Labute approximate surface area is 181 Å². The molecule has 2 aromatic heterocycles. The third-order valence-corrected chi connectivity index (χ3v) is 5.95.